The average molecular weight is 374 g/mol. The van der Waals surface area contributed by atoms with Crippen molar-refractivity contribution in [3.8, 4) is 17.6 Å². The molecule has 2 rings (SSSR count). The van der Waals surface area contributed by atoms with E-state index in [0.29, 0.717) is 22.1 Å². The molecule has 136 valence electrons. The molecule has 0 aliphatic carbocycles. The molecule has 1 N–H and O–H groups in total. The number of nitriles is 1. The molecule has 0 radical (unpaired) electrons. The number of benzene rings is 1. The van der Waals surface area contributed by atoms with E-state index in [1.807, 2.05) is 19.1 Å². The normalized spacial score (nSPS) is 11.2. The van der Waals surface area contributed by atoms with Gasteiger partial charge in [-0.05, 0) is 43.0 Å². The lowest BCUT2D eigenvalue weighted by atomic mass is 10.2. The Labute approximate surface area is 155 Å². The van der Waals surface area contributed by atoms with Gasteiger partial charge < -0.3 is 19.5 Å². The van der Waals surface area contributed by atoms with Crippen LogP contribution in [-0.2, 0) is 14.3 Å². The summed E-state index contributed by atoms with van der Waals surface area (Å²) in [4.78, 5) is 24.0. The minimum Gasteiger partial charge on any atom is -0.493 e. The van der Waals surface area contributed by atoms with Gasteiger partial charge in [-0.2, -0.15) is 5.26 Å². The fourth-order valence-electron chi connectivity index (χ4n) is 2.02. The van der Waals surface area contributed by atoms with Crippen LogP contribution in [0.4, 0.5) is 5.00 Å². The first kappa shape index (κ1) is 19.3. The second-order valence-corrected chi connectivity index (χ2v) is 6.26. The number of anilines is 1. The molecule has 0 spiro atoms. The van der Waals surface area contributed by atoms with Gasteiger partial charge in [-0.1, -0.05) is 6.07 Å². The number of methoxy groups -OCH3 is 1. The lowest BCUT2D eigenvalue weighted by Gasteiger charge is -2.14. The fourth-order valence-corrected chi connectivity index (χ4v) is 2.76. The second-order valence-electron chi connectivity index (χ2n) is 5.34. The molecule has 7 nitrogen and oxygen atoms in total. The molecule has 0 aliphatic rings. The first-order chi connectivity index (χ1) is 12.4. The van der Waals surface area contributed by atoms with Crippen LogP contribution in [0.2, 0.25) is 0 Å². The molecule has 0 aliphatic heterocycles. The van der Waals surface area contributed by atoms with Crippen molar-refractivity contribution in [3.05, 3.63) is 40.8 Å². The van der Waals surface area contributed by atoms with Crippen molar-refractivity contribution >= 4 is 28.2 Å². The smallest absolute Gasteiger partial charge is 0.344 e. The zero-order chi connectivity index (χ0) is 19.1. The number of rotatable bonds is 7. The fraction of sp³-hybridized carbons (Fsp3) is 0.278. The topological polar surface area (TPSA) is 97.7 Å². The maximum absolute atomic E-state index is 12.1. The van der Waals surface area contributed by atoms with Gasteiger partial charge in [0.25, 0.3) is 5.91 Å². The molecule has 1 unspecified atom stereocenters. The van der Waals surface area contributed by atoms with Crippen LogP contribution in [-0.4, -0.2) is 31.7 Å². The van der Waals surface area contributed by atoms with E-state index in [0.717, 1.165) is 5.56 Å². The number of amides is 1. The van der Waals surface area contributed by atoms with Crippen molar-refractivity contribution < 1.29 is 23.8 Å². The van der Waals surface area contributed by atoms with E-state index in [2.05, 4.69) is 5.32 Å². The van der Waals surface area contributed by atoms with Gasteiger partial charge in [-0.3, -0.25) is 4.79 Å². The molecule has 1 amide bonds. The largest absolute Gasteiger partial charge is 0.493 e. The van der Waals surface area contributed by atoms with Crippen LogP contribution >= 0.6 is 11.3 Å². The van der Waals surface area contributed by atoms with E-state index in [1.54, 1.807) is 23.6 Å². The molecular formula is C18H18N2O5S. The number of carbonyl (C=O) groups is 2. The Balaban J connectivity index is 1.87. The van der Waals surface area contributed by atoms with E-state index >= 15 is 0 Å². The van der Waals surface area contributed by atoms with E-state index in [1.165, 1.54) is 25.4 Å². The molecule has 26 heavy (non-hydrogen) atoms. The van der Waals surface area contributed by atoms with Crippen LogP contribution in [0.25, 0.3) is 0 Å². The minimum atomic E-state index is -1.03. The molecule has 0 saturated heterocycles. The highest BCUT2D eigenvalue weighted by Crippen LogP contribution is 2.27. The lowest BCUT2D eigenvalue weighted by molar-refractivity contribution is -0.155. The van der Waals surface area contributed by atoms with Gasteiger partial charge >= 0.3 is 5.97 Å². The van der Waals surface area contributed by atoms with Crippen molar-refractivity contribution in [1.82, 2.24) is 0 Å². The SMILES string of the molecule is COc1cc(C)ccc1OCC(=O)OC(C)C(=O)Nc1sccc1C#N. The van der Waals surface area contributed by atoms with Crippen LogP contribution in [0.3, 0.4) is 0 Å². The highest BCUT2D eigenvalue weighted by molar-refractivity contribution is 7.14. The molecule has 1 aromatic carbocycles. The molecule has 1 aromatic heterocycles. The van der Waals surface area contributed by atoms with Crippen molar-refractivity contribution in [3.63, 3.8) is 0 Å². The number of nitrogens with zero attached hydrogens (tertiary/aromatic N) is 1. The van der Waals surface area contributed by atoms with E-state index < -0.39 is 18.0 Å². The van der Waals surface area contributed by atoms with Crippen molar-refractivity contribution in [2.75, 3.05) is 19.0 Å². The Hall–Kier alpha value is -3.05. The molecule has 1 heterocycles. The molecule has 8 heteroatoms. The number of thiophene rings is 1. The summed E-state index contributed by atoms with van der Waals surface area (Å²) in [5.74, 6) is -0.304. The summed E-state index contributed by atoms with van der Waals surface area (Å²) in [6.07, 6.45) is -1.03. The predicted molar refractivity (Wildman–Crippen MR) is 96.4 cm³/mol. The van der Waals surface area contributed by atoms with Gasteiger partial charge in [-0.25, -0.2) is 4.79 Å². The Morgan fingerprint density at radius 1 is 1.31 bits per heavy atom. The van der Waals surface area contributed by atoms with E-state index in [-0.39, 0.29) is 6.61 Å². The summed E-state index contributed by atoms with van der Waals surface area (Å²) in [5, 5.41) is 13.6. The highest BCUT2D eigenvalue weighted by atomic mass is 32.1. The van der Waals surface area contributed by atoms with E-state index in [9.17, 15) is 9.59 Å². The van der Waals surface area contributed by atoms with E-state index in [4.69, 9.17) is 19.5 Å². The van der Waals surface area contributed by atoms with Crippen LogP contribution in [0.1, 0.15) is 18.1 Å². The number of aryl methyl sites for hydroxylation is 1. The standard InChI is InChI=1S/C18H18N2O5S/c1-11-4-5-14(15(8-11)23-3)24-10-16(21)25-12(2)17(22)20-18-13(9-19)6-7-26-18/h4-8,12H,10H2,1-3H3,(H,20,22). The number of carbonyl (C=O) groups excluding carboxylic acids is 2. The van der Waals surface area contributed by atoms with Gasteiger partial charge in [-0.15, -0.1) is 11.3 Å². The van der Waals surface area contributed by atoms with Gasteiger partial charge in [0.05, 0.1) is 12.7 Å². The van der Waals surface area contributed by atoms with Gasteiger partial charge in [0.1, 0.15) is 11.1 Å². The first-order valence-electron chi connectivity index (χ1n) is 7.70. The number of esters is 1. The quantitative estimate of drug-likeness (QED) is 0.749. The predicted octanol–water partition coefficient (Wildman–Crippen LogP) is 2.89. The average Bonchev–Trinajstić information content (AvgIpc) is 3.07. The van der Waals surface area contributed by atoms with Gasteiger partial charge in [0, 0.05) is 0 Å². The minimum absolute atomic E-state index is 0.358. The van der Waals surface area contributed by atoms with Crippen molar-refractivity contribution in [2.24, 2.45) is 0 Å². The number of nitrogens with one attached hydrogen (secondary N) is 1. The summed E-state index contributed by atoms with van der Waals surface area (Å²) < 4.78 is 15.6. The summed E-state index contributed by atoms with van der Waals surface area (Å²) in [6.45, 7) is 2.99. The summed E-state index contributed by atoms with van der Waals surface area (Å²) in [5.41, 5.74) is 1.35. The third kappa shape index (κ3) is 4.97. The zero-order valence-electron chi connectivity index (χ0n) is 14.6. The van der Waals surface area contributed by atoms with Gasteiger partial charge in [0.2, 0.25) is 0 Å². The van der Waals surface area contributed by atoms with Crippen LogP contribution in [0, 0.1) is 18.3 Å². The first-order valence-corrected chi connectivity index (χ1v) is 8.58. The maximum atomic E-state index is 12.1. The highest BCUT2D eigenvalue weighted by Gasteiger charge is 2.20. The maximum Gasteiger partial charge on any atom is 0.344 e. The molecule has 2 aromatic rings. The Morgan fingerprint density at radius 3 is 2.77 bits per heavy atom. The molecule has 0 saturated carbocycles. The van der Waals surface area contributed by atoms with Crippen LogP contribution < -0.4 is 14.8 Å². The Morgan fingerprint density at radius 2 is 2.08 bits per heavy atom. The summed E-state index contributed by atoms with van der Waals surface area (Å²) in [6, 6.07) is 8.87. The molecule has 1 atom stereocenters. The lowest BCUT2D eigenvalue weighted by Crippen LogP contribution is -2.31. The van der Waals surface area contributed by atoms with Crippen molar-refractivity contribution in [2.45, 2.75) is 20.0 Å². The summed E-state index contributed by atoms with van der Waals surface area (Å²) >= 11 is 1.22. The number of hydrogen-bond donors (Lipinski definition) is 1. The summed E-state index contributed by atoms with van der Waals surface area (Å²) in [7, 11) is 1.51. The van der Waals surface area contributed by atoms with Crippen LogP contribution in [0.5, 0.6) is 11.5 Å². The zero-order valence-corrected chi connectivity index (χ0v) is 15.4. The third-order valence-electron chi connectivity index (χ3n) is 3.36. The Kier molecular flexibility index (Phi) is 6.58. The van der Waals surface area contributed by atoms with Gasteiger partial charge in [0.15, 0.2) is 24.2 Å². The molecular weight excluding hydrogens is 356 g/mol. The van der Waals surface area contributed by atoms with Crippen molar-refractivity contribution in [1.29, 1.82) is 5.26 Å². The monoisotopic (exact) mass is 374 g/mol. The number of hydrogen-bond acceptors (Lipinski definition) is 7. The number of ether oxygens (including phenoxy) is 3. The molecule has 0 bridgehead atoms. The third-order valence-corrected chi connectivity index (χ3v) is 4.19. The second kappa shape index (κ2) is 8.87. The molecule has 0 fully saturated rings. The Bertz CT molecular complexity index is 840. The van der Waals surface area contributed by atoms with Crippen LogP contribution in [0.15, 0.2) is 29.6 Å².